The van der Waals surface area contributed by atoms with Gasteiger partial charge in [0.25, 0.3) is 5.91 Å². The fourth-order valence-electron chi connectivity index (χ4n) is 1.38. The number of benzene rings is 1. The lowest BCUT2D eigenvalue weighted by Gasteiger charge is -2.26. The van der Waals surface area contributed by atoms with Gasteiger partial charge in [-0.25, -0.2) is 0 Å². The molecule has 1 aromatic rings. The maximum absolute atomic E-state index is 13.1. The molecule has 0 aliphatic heterocycles. The summed E-state index contributed by atoms with van der Waals surface area (Å²) in [5, 5.41) is 2.14. The Labute approximate surface area is 139 Å². The van der Waals surface area contributed by atoms with E-state index in [9.17, 15) is 35.5 Å². The van der Waals surface area contributed by atoms with Crippen LogP contribution in [0.5, 0.6) is 0 Å². The molecule has 0 radical (unpaired) electrons. The van der Waals surface area contributed by atoms with Gasteiger partial charge in [-0.2, -0.15) is 30.7 Å². The van der Waals surface area contributed by atoms with Crippen molar-refractivity contribution in [2.75, 3.05) is 6.54 Å². The van der Waals surface area contributed by atoms with Gasteiger partial charge in [-0.05, 0) is 34.7 Å². The zero-order valence-corrected chi connectivity index (χ0v) is 13.3. The highest BCUT2D eigenvalue weighted by Crippen LogP contribution is 2.47. The van der Waals surface area contributed by atoms with Crippen molar-refractivity contribution in [2.45, 2.75) is 18.0 Å². The molecule has 0 bridgehead atoms. The van der Waals surface area contributed by atoms with Crippen molar-refractivity contribution in [3.63, 3.8) is 0 Å². The molecule has 0 atom stereocenters. The molecule has 0 saturated heterocycles. The largest absolute Gasteiger partial charge is 0.460 e. The van der Waals surface area contributed by atoms with E-state index < -0.39 is 40.1 Å². The molecule has 1 amide bonds. The van der Waals surface area contributed by atoms with E-state index in [0.717, 1.165) is 22.6 Å². The summed E-state index contributed by atoms with van der Waals surface area (Å²) in [7, 11) is 0. The van der Waals surface area contributed by atoms with Crippen molar-refractivity contribution in [1.82, 2.24) is 5.32 Å². The third-order valence-electron chi connectivity index (χ3n) is 2.57. The summed E-state index contributed by atoms with van der Waals surface area (Å²) in [5.74, 6) is -12.3. The molecule has 0 aliphatic rings. The van der Waals surface area contributed by atoms with Crippen LogP contribution in [0.3, 0.4) is 0 Å². The minimum atomic E-state index is -6.39. The molecule has 128 valence electrons. The van der Waals surface area contributed by atoms with Crippen LogP contribution in [0.25, 0.3) is 0 Å². The Morgan fingerprint density at radius 2 is 1.57 bits per heavy atom. The summed E-state index contributed by atoms with van der Waals surface area (Å²) >= 11 is 1.15. The van der Waals surface area contributed by atoms with Crippen molar-refractivity contribution < 1.29 is 35.5 Å². The zero-order chi connectivity index (χ0) is 17.9. The molecule has 10 heteroatoms. The van der Waals surface area contributed by atoms with E-state index in [2.05, 4.69) is 5.32 Å². The Hall–Kier alpha value is -1.33. The summed E-state index contributed by atoms with van der Waals surface area (Å²) < 4.78 is 87.1. The molecule has 0 fully saturated rings. The molecule has 23 heavy (non-hydrogen) atoms. The number of allylic oxidation sites excluding steroid dienone is 1. The van der Waals surface area contributed by atoms with Crippen molar-refractivity contribution >= 4 is 28.5 Å². The van der Waals surface area contributed by atoms with Crippen molar-refractivity contribution in [3.05, 3.63) is 45.6 Å². The van der Waals surface area contributed by atoms with Gasteiger partial charge in [0.05, 0.1) is 0 Å². The second-order valence-electron chi connectivity index (χ2n) is 4.34. The van der Waals surface area contributed by atoms with Crippen LogP contribution in [0.1, 0.15) is 10.4 Å². The Balaban J connectivity index is 2.79. The molecule has 0 unspecified atom stereocenters. The van der Waals surface area contributed by atoms with Gasteiger partial charge in [0.2, 0.25) is 0 Å². The third-order valence-corrected chi connectivity index (χ3v) is 3.26. The average Bonchev–Trinajstić information content (AvgIpc) is 2.43. The van der Waals surface area contributed by atoms with E-state index >= 15 is 0 Å². The monoisotopic (exact) mass is 455 g/mol. The fourth-order valence-corrected chi connectivity index (χ4v) is 1.97. The lowest BCUT2D eigenvalue weighted by Crippen LogP contribution is -2.51. The molecule has 0 aromatic heterocycles. The zero-order valence-electron chi connectivity index (χ0n) is 11.1. The van der Waals surface area contributed by atoms with E-state index in [0.29, 0.717) is 0 Å². The van der Waals surface area contributed by atoms with E-state index in [1.165, 1.54) is 24.3 Å². The van der Waals surface area contributed by atoms with Crippen LogP contribution in [0, 0.1) is 0 Å². The number of hydrogen-bond acceptors (Lipinski definition) is 1. The number of halogens is 8. The molecular formula is C13H9F7INO. The van der Waals surface area contributed by atoms with E-state index in [1.807, 2.05) is 0 Å². The van der Waals surface area contributed by atoms with E-state index in [4.69, 9.17) is 0 Å². The van der Waals surface area contributed by atoms with Crippen LogP contribution in [-0.2, 0) is 0 Å². The van der Waals surface area contributed by atoms with Crippen molar-refractivity contribution in [1.29, 1.82) is 0 Å². The summed E-state index contributed by atoms with van der Waals surface area (Å²) in [4.78, 5) is 11.6. The van der Waals surface area contributed by atoms with E-state index in [1.54, 1.807) is 6.07 Å². The SMILES string of the molecule is O=C(NCC(I)=CC(F)(F)C(F)(F)C(F)(F)F)c1ccccc1. The maximum Gasteiger partial charge on any atom is 0.460 e. The first-order chi connectivity index (χ1) is 10.4. The Kier molecular flexibility index (Phi) is 6.05. The van der Waals surface area contributed by atoms with Crippen LogP contribution in [0.15, 0.2) is 40.0 Å². The molecule has 0 aliphatic carbocycles. The summed E-state index contributed by atoms with van der Waals surface area (Å²) in [6, 6.07) is 7.53. The Bertz CT molecular complexity index is 584. The Morgan fingerprint density at radius 3 is 2.04 bits per heavy atom. The molecular weight excluding hydrogens is 446 g/mol. The van der Waals surface area contributed by atoms with Gasteiger partial charge in [0.15, 0.2) is 0 Å². The highest BCUT2D eigenvalue weighted by atomic mass is 127. The van der Waals surface area contributed by atoms with Crippen LogP contribution < -0.4 is 5.32 Å². The van der Waals surface area contributed by atoms with Crippen LogP contribution in [0.2, 0.25) is 0 Å². The molecule has 2 nitrogen and oxygen atoms in total. The maximum atomic E-state index is 13.1. The molecule has 0 saturated carbocycles. The second kappa shape index (κ2) is 7.05. The first-order valence-electron chi connectivity index (χ1n) is 5.91. The number of nitrogens with one attached hydrogen (secondary N) is 1. The predicted octanol–water partition coefficient (Wildman–Crippen LogP) is 4.57. The van der Waals surface area contributed by atoms with Crippen LogP contribution >= 0.6 is 22.6 Å². The van der Waals surface area contributed by atoms with Gasteiger partial charge in [0, 0.05) is 21.8 Å². The molecule has 1 N–H and O–H groups in total. The lowest BCUT2D eigenvalue weighted by atomic mass is 10.1. The molecule has 1 aromatic carbocycles. The highest BCUT2D eigenvalue weighted by Gasteiger charge is 2.72. The minimum Gasteiger partial charge on any atom is -0.348 e. The summed E-state index contributed by atoms with van der Waals surface area (Å²) in [6.45, 7) is -0.613. The standard InChI is InChI=1S/C13H9F7INO/c14-11(15,12(16,17)13(18,19)20)6-9(21)7-22-10(23)8-4-2-1-3-5-8/h1-6H,7H2,(H,22,23). The van der Waals surface area contributed by atoms with Crippen molar-refractivity contribution in [2.24, 2.45) is 0 Å². The first kappa shape index (κ1) is 19.7. The number of hydrogen-bond donors (Lipinski definition) is 1. The van der Waals surface area contributed by atoms with Crippen LogP contribution in [-0.4, -0.2) is 30.5 Å². The number of carbonyl (C=O) groups is 1. The van der Waals surface area contributed by atoms with Gasteiger partial charge in [0.1, 0.15) is 0 Å². The number of alkyl halides is 7. The van der Waals surface area contributed by atoms with Gasteiger partial charge >= 0.3 is 18.0 Å². The summed E-state index contributed by atoms with van der Waals surface area (Å²) in [6.07, 6.45) is -6.90. The molecule has 0 spiro atoms. The predicted molar refractivity (Wildman–Crippen MR) is 76.8 cm³/mol. The second-order valence-corrected chi connectivity index (χ2v) is 5.72. The number of rotatable bonds is 5. The smallest absolute Gasteiger partial charge is 0.348 e. The van der Waals surface area contributed by atoms with Crippen molar-refractivity contribution in [3.8, 4) is 0 Å². The quantitative estimate of drug-likeness (QED) is 0.512. The topological polar surface area (TPSA) is 29.1 Å². The number of carbonyl (C=O) groups excluding carboxylic acids is 1. The van der Waals surface area contributed by atoms with Gasteiger partial charge in [-0.15, -0.1) is 0 Å². The summed E-state index contributed by atoms with van der Waals surface area (Å²) in [5.41, 5.74) is 0.184. The minimum absolute atomic E-state index is 0.184. The van der Waals surface area contributed by atoms with Crippen LogP contribution in [0.4, 0.5) is 30.7 Å². The lowest BCUT2D eigenvalue weighted by molar-refractivity contribution is -0.341. The third kappa shape index (κ3) is 4.82. The molecule has 1 rings (SSSR count). The average molecular weight is 455 g/mol. The van der Waals surface area contributed by atoms with Gasteiger partial charge in [-0.1, -0.05) is 18.2 Å². The fraction of sp³-hybridized carbons (Fsp3) is 0.308. The number of amides is 1. The van der Waals surface area contributed by atoms with E-state index in [-0.39, 0.29) is 5.56 Å². The molecule has 0 heterocycles. The normalized spacial score (nSPS) is 13.8. The highest BCUT2D eigenvalue weighted by molar-refractivity contribution is 14.1. The first-order valence-corrected chi connectivity index (χ1v) is 6.99. The Morgan fingerprint density at radius 1 is 1.04 bits per heavy atom. The van der Waals surface area contributed by atoms with Gasteiger partial charge < -0.3 is 5.32 Å². The van der Waals surface area contributed by atoms with Gasteiger partial charge in [-0.3, -0.25) is 4.79 Å².